The van der Waals surface area contributed by atoms with Crippen LogP contribution in [0.5, 0.6) is 0 Å². The van der Waals surface area contributed by atoms with Crippen LogP contribution in [-0.4, -0.2) is 29.0 Å². The minimum absolute atomic E-state index is 0.0154. The third kappa shape index (κ3) is 4.85. The van der Waals surface area contributed by atoms with E-state index in [2.05, 4.69) is 5.32 Å². The third-order valence-corrected chi connectivity index (χ3v) is 3.13. The van der Waals surface area contributed by atoms with Crippen molar-refractivity contribution >= 4 is 17.5 Å². The Morgan fingerprint density at radius 1 is 1.33 bits per heavy atom. The number of nitrogens with one attached hydrogen (secondary N) is 1. The van der Waals surface area contributed by atoms with E-state index in [0.29, 0.717) is 18.7 Å². The van der Waals surface area contributed by atoms with E-state index in [1.807, 2.05) is 0 Å². The summed E-state index contributed by atoms with van der Waals surface area (Å²) in [5, 5.41) is 12.7. The second kappa shape index (κ2) is 7.07. The van der Waals surface area contributed by atoms with Crippen LogP contribution in [-0.2, 0) is 4.79 Å². The summed E-state index contributed by atoms with van der Waals surface area (Å²) in [6, 6.07) is -0.0460. The topological polar surface area (TPSA) is 49.3 Å². The molecule has 0 heterocycles. The minimum atomic E-state index is -0.368. The zero-order valence-electron chi connectivity index (χ0n) is 9.04. The van der Waals surface area contributed by atoms with Gasteiger partial charge in [-0.1, -0.05) is 19.3 Å². The van der Waals surface area contributed by atoms with E-state index >= 15 is 0 Å². The number of amides is 1. The van der Waals surface area contributed by atoms with Crippen LogP contribution in [0.3, 0.4) is 0 Å². The Morgan fingerprint density at radius 2 is 2.07 bits per heavy atom. The van der Waals surface area contributed by atoms with Gasteiger partial charge in [-0.25, -0.2) is 0 Å². The number of aliphatic hydroxyl groups is 1. The highest BCUT2D eigenvalue weighted by Crippen LogP contribution is 2.18. The zero-order chi connectivity index (χ0) is 11.1. The van der Waals surface area contributed by atoms with Crippen molar-refractivity contribution in [3.8, 4) is 0 Å². The summed E-state index contributed by atoms with van der Waals surface area (Å²) in [6.45, 7) is 0. The van der Waals surface area contributed by atoms with Gasteiger partial charge in [0.05, 0.1) is 12.1 Å². The van der Waals surface area contributed by atoms with Crippen LogP contribution in [0.4, 0.5) is 0 Å². The predicted molar refractivity (Wildman–Crippen MR) is 61.0 cm³/mol. The van der Waals surface area contributed by atoms with Crippen molar-refractivity contribution in [1.82, 2.24) is 5.32 Å². The van der Waals surface area contributed by atoms with Crippen molar-refractivity contribution in [2.45, 2.75) is 57.1 Å². The SMILES string of the molecule is O=C(CCCCl)NC1CCCCCC1O. The molecule has 3 nitrogen and oxygen atoms in total. The molecule has 15 heavy (non-hydrogen) atoms. The number of halogens is 1. The fourth-order valence-electron chi connectivity index (χ4n) is 1.96. The van der Waals surface area contributed by atoms with E-state index in [1.54, 1.807) is 0 Å². The summed E-state index contributed by atoms with van der Waals surface area (Å²) in [5.74, 6) is 0.530. The first-order valence-electron chi connectivity index (χ1n) is 5.77. The van der Waals surface area contributed by atoms with Crippen molar-refractivity contribution in [2.75, 3.05) is 5.88 Å². The molecule has 0 aromatic carbocycles. The minimum Gasteiger partial charge on any atom is -0.391 e. The van der Waals surface area contributed by atoms with E-state index in [0.717, 1.165) is 32.1 Å². The maximum Gasteiger partial charge on any atom is 0.220 e. The lowest BCUT2D eigenvalue weighted by molar-refractivity contribution is -0.122. The normalized spacial score (nSPS) is 27.1. The number of rotatable bonds is 4. The monoisotopic (exact) mass is 233 g/mol. The Morgan fingerprint density at radius 3 is 2.80 bits per heavy atom. The lowest BCUT2D eigenvalue weighted by atomic mass is 10.1. The smallest absolute Gasteiger partial charge is 0.220 e. The molecule has 2 unspecified atom stereocenters. The van der Waals surface area contributed by atoms with Crippen LogP contribution in [0.1, 0.15) is 44.9 Å². The lowest BCUT2D eigenvalue weighted by Crippen LogP contribution is -2.42. The van der Waals surface area contributed by atoms with Crippen LogP contribution < -0.4 is 5.32 Å². The summed E-state index contributed by atoms with van der Waals surface area (Å²) < 4.78 is 0. The molecule has 1 saturated carbocycles. The molecule has 2 N–H and O–H groups in total. The van der Waals surface area contributed by atoms with Crippen molar-refractivity contribution in [1.29, 1.82) is 0 Å². The molecule has 1 rings (SSSR count). The summed E-state index contributed by atoms with van der Waals surface area (Å²) in [4.78, 5) is 11.4. The molecule has 2 atom stereocenters. The molecular formula is C11H20ClNO2. The van der Waals surface area contributed by atoms with Gasteiger partial charge in [0, 0.05) is 12.3 Å². The summed E-state index contributed by atoms with van der Waals surface area (Å²) in [7, 11) is 0. The van der Waals surface area contributed by atoms with Crippen LogP contribution in [0.15, 0.2) is 0 Å². The van der Waals surface area contributed by atoms with Gasteiger partial charge in [0.25, 0.3) is 0 Å². The van der Waals surface area contributed by atoms with Gasteiger partial charge in [-0.15, -0.1) is 11.6 Å². The van der Waals surface area contributed by atoms with Crippen molar-refractivity contribution < 1.29 is 9.90 Å². The standard InChI is InChI=1S/C11H20ClNO2/c12-8-4-7-11(15)13-9-5-2-1-3-6-10(9)14/h9-10,14H,1-8H2,(H,13,15). The molecular weight excluding hydrogens is 214 g/mol. The van der Waals surface area contributed by atoms with E-state index in [1.165, 1.54) is 0 Å². The Balaban J connectivity index is 2.30. The Labute approximate surface area is 96.2 Å². The van der Waals surface area contributed by atoms with Gasteiger partial charge >= 0.3 is 0 Å². The van der Waals surface area contributed by atoms with E-state index in [9.17, 15) is 9.90 Å². The Kier molecular flexibility index (Phi) is 6.03. The number of alkyl halides is 1. The average Bonchev–Trinajstić information content (AvgIpc) is 2.42. The summed E-state index contributed by atoms with van der Waals surface area (Å²) in [6.07, 6.45) is 5.82. The first-order chi connectivity index (χ1) is 7.24. The van der Waals surface area contributed by atoms with Crippen molar-refractivity contribution in [3.05, 3.63) is 0 Å². The molecule has 1 fully saturated rings. The molecule has 0 saturated heterocycles. The van der Waals surface area contributed by atoms with Crippen molar-refractivity contribution in [2.24, 2.45) is 0 Å². The number of aliphatic hydroxyl groups excluding tert-OH is 1. The maximum atomic E-state index is 11.4. The quantitative estimate of drug-likeness (QED) is 0.575. The Hall–Kier alpha value is -0.280. The van der Waals surface area contributed by atoms with Crippen LogP contribution in [0.2, 0.25) is 0 Å². The number of hydrogen-bond acceptors (Lipinski definition) is 2. The molecule has 4 heteroatoms. The Bertz CT molecular complexity index is 199. The van der Waals surface area contributed by atoms with E-state index < -0.39 is 0 Å². The van der Waals surface area contributed by atoms with Crippen LogP contribution >= 0.6 is 11.6 Å². The molecule has 0 aromatic heterocycles. The molecule has 0 bridgehead atoms. The summed E-state index contributed by atoms with van der Waals surface area (Å²) >= 11 is 5.51. The van der Waals surface area contributed by atoms with Gasteiger partial charge in [0.2, 0.25) is 5.91 Å². The molecule has 0 spiro atoms. The molecule has 1 aliphatic rings. The zero-order valence-corrected chi connectivity index (χ0v) is 9.80. The van der Waals surface area contributed by atoms with Gasteiger partial charge < -0.3 is 10.4 Å². The van der Waals surface area contributed by atoms with Crippen LogP contribution in [0, 0.1) is 0 Å². The molecule has 0 aliphatic heterocycles. The predicted octanol–water partition coefficient (Wildman–Crippen LogP) is 1.82. The second-order valence-corrected chi connectivity index (χ2v) is 4.55. The van der Waals surface area contributed by atoms with Gasteiger partial charge in [-0.2, -0.15) is 0 Å². The highest BCUT2D eigenvalue weighted by Gasteiger charge is 2.22. The van der Waals surface area contributed by atoms with Gasteiger partial charge in [-0.05, 0) is 19.3 Å². The fraction of sp³-hybridized carbons (Fsp3) is 0.909. The molecule has 1 amide bonds. The average molecular weight is 234 g/mol. The highest BCUT2D eigenvalue weighted by atomic mass is 35.5. The van der Waals surface area contributed by atoms with Gasteiger partial charge in [0.15, 0.2) is 0 Å². The number of carbonyl (C=O) groups is 1. The first kappa shape index (κ1) is 12.8. The maximum absolute atomic E-state index is 11.4. The highest BCUT2D eigenvalue weighted by molar-refractivity contribution is 6.17. The van der Waals surface area contributed by atoms with Gasteiger partial charge in [-0.3, -0.25) is 4.79 Å². The largest absolute Gasteiger partial charge is 0.391 e. The van der Waals surface area contributed by atoms with Crippen molar-refractivity contribution in [3.63, 3.8) is 0 Å². The van der Waals surface area contributed by atoms with Crippen LogP contribution in [0.25, 0.3) is 0 Å². The molecule has 88 valence electrons. The molecule has 0 aromatic rings. The molecule has 0 radical (unpaired) electrons. The first-order valence-corrected chi connectivity index (χ1v) is 6.31. The van der Waals surface area contributed by atoms with E-state index in [-0.39, 0.29) is 18.1 Å². The number of hydrogen-bond donors (Lipinski definition) is 2. The third-order valence-electron chi connectivity index (χ3n) is 2.86. The number of carbonyl (C=O) groups excluding carboxylic acids is 1. The summed E-state index contributed by atoms with van der Waals surface area (Å²) in [5.41, 5.74) is 0. The van der Waals surface area contributed by atoms with Gasteiger partial charge in [0.1, 0.15) is 0 Å². The van der Waals surface area contributed by atoms with E-state index in [4.69, 9.17) is 11.6 Å². The molecule has 1 aliphatic carbocycles. The second-order valence-electron chi connectivity index (χ2n) is 4.17. The lowest BCUT2D eigenvalue weighted by Gasteiger charge is -2.21. The fourth-order valence-corrected chi connectivity index (χ4v) is 2.10.